The zero-order valence-electron chi connectivity index (χ0n) is 18.6. The summed E-state index contributed by atoms with van der Waals surface area (Å²) >= 11 is 0. The van der Waals surface area contributed by atoms with Crippen molar-refractivity contribution in [1.82, 2.24) is 15.5 Å². The summed E-state index contributed by atoms with van der Waals surface area (Å²) in [5.41, 5.74) is 1.39. The van der Waals surface area contributed by atoms with E-state index >= 15 is 0 Å². The van der Waals surface area contributed by atoms with Crippen LogP contribution < -0.4 is 10.6 Å². The van der Waals surface area contributed by atoms with Gasteiger partial charge < -0.3 is 15.4 Å². The number of benzene rings is 1. The minimum absolute atomic E-state index is 0. The van der Waals surface area contributed by atoms with Gasteiger partial charge in [-0.3, -0.25) is 9.89 Å². The Morgan fingerprint density at radius 3 is 2.45 bits per heavy atom. The summed E-state index contributed by atoms with van der Waals surface area (Å²) in [5, 5.41) is 6.94. The summed E-state index contributed by atoms with van der Waals surface area (Å²) in [7, 11) is -2.97. The lowest BCUT2D eigenvalue weighted by atomic mass is 9.96. The molecule has 31 heavy (non-hydrogen) atoms. The van der Waals surface area contributed by atoms with Crippen molar-refractivity contribution in [3.63, 3.8) is 0 Å². The Morgan fingerprint density at radius 2 is 1.84 bits per heavy atom. The Hall–Kier alpha value is -0.910. The molecule has 1 aromatic rings. The lowest BCUT2D eigenvalue weighted by molar-refractivity contribution is 0.114. The van der Waals surface area contributed by atoms with E-state index in [1.54, 1.807) is 0 Å². The third kappa shape index (κ3) is 8.86. The molecule has 0 spiro atoms. The van der Waals surface area contributed by atoms with Gasteiger partial charge in [0.1, 0.15) is 9.84 Å². The molecular formula is C22H37IN4O3S. The molecule has 2 fully saturated rings. The third-order valence-electron chi connectivity index (χ3n) is 5.88. The van der Waals surface area contributed by atoms with E-state index < -0.39 is 9.84 Å². The molecule has 0 aliphatic carbocycles. The van der Waals surface area contributed by atoms with Gasteiger partial charge in [0.05, 0.1) is 25.5 Å². The molecule has 0 saturated carbocycles. The van der Waals surface area contributed by atoms with Gasteiger partial charge in [-0.15, -0.1) is 24.0 Å². The quantitative estimate of drug-likeness (QED) is 0.197. The van der Waals surface area contributed by atoms with Gasteiger partial charge in [-0.25, -0.2) is 8.42 Å². The highest BCUT2D eigenvalue weighted by Crippen LogP contribution is 2.36. The lowest BCUT2D eigenvalue weighted by Gasteiger charge is -2.39. The number of nitrogens with one attached hydrogen (secondary N) is 2. The van der Waals surface area contributed by atoms with Crippen molar-refractivity contribution in [2.45, 2.75) is 57.3 Å². The van der Waals surface area contributed by atoms with Crippen molar-refractivity contribution in [2.75, 3.05) is 38.3 Å². The number of aliphatic imine (C=N–C) groups is 1. The highest BCUT2D eigenvalue weighted by atomic mass is 127. The zero-order valence-corrected chi connectivity index (χ0v) is 21.8. The largest absolute Gasteiger partial charge is 0.378 e. The Balaban J connectivity index is 0.00000341. The van der Waals surface area contributed by atoms with Crippen LogP contribution in [0.3, 0.4) is 0 Å². The number of rotatable bonds is 10. The highest BCUT2D eigenvalue weighted by molar-refractivity contribution is 14.0. The van der Waals surface area contributed by atoms with E-state index in [4.69, 9.17) is 4.74 Å². The maximum atomic E-state index is 11.1. The summed E-state index contributed by atoms with van der Waals surface area (Å²) in [6.45, 7) is 5.07. The average molecular weight is 565 g/mol. The summed E-state index contributed by atoms with van der Waals surface area (Å²) < 4.78 is 27.7. The van der Waals surface area contributed by atoms with Crippen LogP contribution in [0, 0.1) is 0 Å². The molecule has 2 aliphatic rings. The molecule has 0 radical (unpaired) electrons. The number of sulfone groups is 1. The number of hydrogen-bond donors (Lipinski definition) is 2. The van der Waals surface area contributed by atoms with Crippen molar-refractivity contribution >= 4 is 39.8 Å². The molecule has 2 bridgehead atoms. The number of halogens is 1. The van der Waals surface area contributed by atoms with Gasteiger partial charge in [-0.2, -0.15) is 0 Å². The summed E-state index contributed by atoms with van der Waals surface area (Å²) in [6, 6.07) is 12.4. The van der Waals surface area contributed by atoms with Crippen LogP contribution in [-0.2, 0) is 21.1 Å². The van der Waals surface area contributed by atoms with E-state index in [0.29, 0.717) is 31.3 Å². The predicted molar refractivity (Wildman–Crippen MR) is 137 cm³/mol. The number of nitrogens with zero attached hydrogens (tertiary/aromatic N) is 2. The van der Waals surface area contributed by atoms with Gasteiger partial charge in [0.2, 0.25) is 0 Å². The third-order valence-corrected chi connectivity index (χ3v) is 6.79. The van der Waals surface area contributed by atoms with Gasteiger partial charge in [0.25, 0.3) is 0 Å². The number of piperidine rings is 1. The van der Waals surface area contributed by atoms with Crippen LogP contribution in [0.4, 0.5) is 0 Å². The second-order valence-electron chi connectivity index (χ2n) is 8.36. The first-order valence-electron chi connectivity index (χ1n) is 11.0. The van der Waals surface area contributed by atoms with Gasteiger partial charge >= 0.3 is 0 Å². The first-order chi connectivity index (χ1) is 14.4. The Labute approximate surface area is 204 Å². The Kier molecular flexibility index (Phi) is 11.0. The molecule has 0 amide bonds. The highest BCUT2D eigenvalue weighted by Gasteiger charge is 2.40. The van der Waals surface area contributed by atoms with Crippen molar-refractivity contribution in [3.8, 4) is 0 Å². The van der Waals surface area contributed by atoms with Crippen LogP contribution >= 0.6 is 24.0 Å². The fourth-order valence-electron chi connectivity index (χ4n) is 4.49. The first-order valence-corrected chi connectivity index (χ1v) is 13.1. The van der Waals surface area contributed by atoms with E-state index in [1.807, 2.05) is 0 Å². The van der Waals surface area contributed by atoms with Crippen molar-refractivity contribution in [3.05, 3.63) is 35.9 Å². The van der Waals surface area contributed by atoms with Crippen LogP contribution in [0.15, 0.2) is 35.3 Å². The molecule has 0 aromatic heterocycles. The van der Waals surface area contributed by atoms with Crippen LogP contribution in [-0.4, -0.2) is 75.7 Å². The minimum Gasteiger partial charge on any atom is -0.378 e. The molecule has 2 heterocycles. The van der Waals surface area contributed by atoms with Crippen LogP contribution in [0.5, 0.6) is 0 Å². The van der Waals surface area contributed by atoms with Crippen molar-refractivity contribution in [2.24, 2.45) is 4.99 Å². The Bertz CT molecular complexity index is 777. The molecule has 2 aliphatic heterocycles. The summed E-state index contributed by atoms with van der Waals surface area (Å²) in [6.07, 6.45) is 6.05. The maximum absolute atomic E-state index is 11.1. The molecule has 7 nitrogen and oxygen atoms in total. The monoisotopic (exact) mass is 564 g/mol. The molecule has 2 atom stereocenters. The Morgan fingerprint density at radius 1 is 1.16 bits per heavy atom. The molecule has 3 rings (SSSR count). The number of hydrogen-bond acceptors (Lipinski definition) is 5. The number of ether oxygens (including phenoxy) is 1. The number of fused-ring (bicyclic) bond motifs is 2. The number of guanidine groups is 1. The predicted octanol–water partition coefficient (Wildman–Crippen LogP) is 2.42. The van der Waals surface area contributed by atoms with Crippen molar-refractivity contribution in [1.29, 1.82) is 0 Å². The smallest absolute Gasteiger partial charge is 0.191 e. The van der Waals surface area contributed by atoms with Gasteiger partial charge in [-0.1, -0.05) is 30.3 Å². The van der Waals surface area contributed by atoms with E-state index in [9.17, 15) is 8.42 Å². The van der Waals surface area contributed by atoms with Crippen molar-refractivity contribution < 1.29 is 13.2 Å². The second-order valence-corrected chi connectivity index (χ2v) is 10.6. The fourth-order valence-corrected chi connectivity index (χ4v) is 4.91. The SMILES string of the molecule is CCNC(=NCCOCCS(C)(=O)=O)NC1CC2CCC(C1)N2Cc1ccccc1.I. The van der Waals surface area contributed by atoms with E-state index in [1.165, 1.54) is 24.7 Å². The van der Waals surface area contributed by atoms with Gasteiger partial charge in [0.15, 0.2) is 5.96 Å². The molecule has 2 N–H and O–H groups in total. The second kappa shape index (κ2) is 13.0. The zero-order chi connectivity index (χ0) is 21.4. The van der Waals surface area contributed by atoms with E-state index in [-0.39, 0.29) is 36.3 Å². The maximum Gasteiger partial charge on any atom is 0.191 e. The summed E-state index contributed by atoms with van der Waals surface area (Å²) in [5.74, 6) is 0.879. The molecule has 2 saturated heterocycles. The van der Waals surface area contributed by atoms with Crippen LogP contribution in [0.2, 0.25) is 0 Å². The van der Waals surface area contributed by atoms with E-state index in [2.05, 4.69) is 57.8 Å². The fraction of sp³-hybridized carbons (Fsp3) is 0.682. The lowest BCUT2D eigenvalue weighted by Crippen LogP contribution is -2.52. The van der Waals surface area contributed by atoms with Crippen LogP contribution in [0.1, 0.15) is 38.2 Å². The molecule has 2 unspecified atom stereocenters. The topological polar surface area (TPSA) is 83.0 Å². The van der Waals surface area contributed by atoms with Gasteiger partial charge in [0, 0.05) is 37.5 Å². The minimum atomic E-state index is -2.97. The summed E-state index contributed by atoms with van der Waals surface area (Å²) in [4.78, 5) is 7.29. The van der Waals surface area contributed by atoms with Gasteiger partial charge in [-0.05, 0) is 38.2 Å². The van der Waals surface area contributed by atoms with Crippen LogP contribution in [0.25, 0.3) is 0 Å². The van der Waals surface area contributed by atoms with E-state index in [0.717, 1.165) is 31.9 Å². The first kappa shape index (κ1) is 26.3. The average Bonchev–Trinajstić information content (AvgIpc) is 2.93. The molecule has 176 valence electrons. The molecular weight excluding hydrogens is 527 g/mol. The normalized spacial score (nSPS) is 23.9. The molecule has 9 heteroatoms. The standard InChI is InChI=1S/C22H36N4O3S.HI/c1-3-23-22(24-11-12-29-13-14-30(2,27)28)25-19-15-20-9-10-21(16-19)26(20)17-18-7-5-4-6-8-18;/h4-8,19-21H,3,9-17H2,1-2H3,(H2,23,24,25);1H. The molecule has 1 aromatic carbocycles.